The molecule has 1 aromatic carbocycles. The maximum atomic E-state index is 11.8. The van der Waals surface area contributed by atoms with Crippen LogP contribution in [0.25, 0.3) is 0 Å². The first-order chi connectivity index (χ1) is 9.56. The van der Waals surface area contributed by atoms with Crippen LogP contribution in [0.2, 0.25) is 0 Å². The Morgan fingerprint density at radius 1 is 1.19 bits per heavy atom. The van der Waals surface area contributed by atoms with E-state index in [4.69, 9.17) is 16.2 Å². The van der Waals surface area contributed by atoms with Gasteiger partial charge in [0.05, 0.1) is 0 Å². The van der Waals surface area contributed by atoms with Gasteiger partial charge in [-0.2, -0.15) is 4.99 Å². The molecule has 0 bridgehead atoms. The van der Waals surface area contributed by atoms with E-state index in [2.05, 4.69) is 9.98 Å². The fourth-order valence-electron chi connectivity index (χ4n) is 1.56. The fraction of sp³-hybridized carbons (Fsp3) is 0.0714. The number of ether oxygens (including phenoxy) is 1. The van der Waals surface area contributed by atoms with E-state index in [1.165, 1.54) is 0 Å². The summed E-state index contributed by atoms with van der Waals surface area (Å²) in [5, 5.41) is 0. The molecule has 0 aliphatic heterocycles. The van der Waals surface area contributed by atoms with E-state index in [0.29, 0.717) is 17.1 Å². The first kappa shape index (κ1) is 16.5. The van der Waals surface area contributed by atoms with E-state index in [-0.39, 0.29) is 18.4 Å². The van der Waals surface area contributed by atoms with Gasteiger partial charge in [0.2, 0.25) is 0 Å². The Morgan fingerprint density at radius 2 is 1.86 bits per heavy atom. The van der Waals surface area contributed by atoms with Crippen molar-refractivity contribution in [3.63, 3.8) is 0 Å². The monoisotopic (exact) mass is 306 g/mol. The second-order valence-electron chi connectivity index (χ2n) is 4.11. The normalized spacial score (nSPS) is 9.38. The molecule has 0 spiro atoms. The number of hydrogen-bond acceptors (Lipinski definition) is 3. The molecule has 0 aliphatic carbocycles. The van der Waals surface area contributed by atoms with Crippen molar-refractivity contribution in [2.75, 3.05) is 0 Å². The number of rotatable bonds is 3. The number of carbonyl (C=O) groups is 1. The van der Waals surface area contributed by atoms with Gasteiger partial charge in [-0.1, -0.05) is 6.07 Å². The zero-order valence-electron chi connectivity index (χ0n) is 11.3. The molecular formula is C14H15ClN4O2. The molecule has 0 radical (unpaired) electrons. The van der Waals surface area contributed by atoms with Crippen molar-refractivity contribution in [2.45, 2.75) is 6.92 Å². The Bertz CT molecular complexity index is 655. The topological polar surface area (TPSA) is 104 Å². The molecule has 0 atom stereocenters. The highest BCUT2D eigenvalue weighted by Crippen LogP contribution is 2.25. The summed E-state index contributed by atoms with van der Waals surface area (Å²) in [7, 11) is 0. The number of halogens is 1. The zero-order valence-corrected chi connectivity index (χ0v) is 12.1. The molecule has 0 saturated heterocycles. The van der Waals surface area contributed by atoms with Crippen molar-refractivity contribution in [3.05, 3.63) is 53.9 Å². The molecular weight excluding hydrogens is 292 g/mol. The number of pyridine rings is 1. The van der Waals surface area contributed by atoms with Crippen LogP contribution < -0.4 is 16.2 Å². The summed E-state index contributed by atoms with van der Waals surface area (Å²) in [5.74, 6) is 0.416. The standard InChI is InChI=1S/C14H14N4O2.ClH/c1-9-2-3-10(13(19)18-14(15)16)8-12(9)20-11-4-6-17-7-5-11;/h2-8H,1H3,(H4,15,16,18,19);1H. The Balaban J connectivity index is 0.00000220. The van der Waals surface area contributed by atoms with Crippen LogP contribution in [0.5, 0.6) is 11.5 Å². The van der Waals surface area contributed by atoms with Gasteiger partial charge in [0.1, 0.15) is 11.5 Å². The predicted molar refractivity (Wildman–Crippen MR) is 82.9 cm³/mol. The molecule has 6 nitrogen and oxygen atoms in total. The molecule has 4 N–H and O–H groups in total. The second kappa shape index (κ2) is 7.25. The van der Waals surface area contributed by atoms with Crippen LogP contribution >= 0.6 is 12.4 Å². The smallest absolute Gasteiger partial charge is 0.280 e. The van der Waals surface area contributed by atoms with E-state index in [0.717, 1.165) is 5.56 Å². The summed E-state index contributed by atoms with van der Waals surface area (Å²) in [5.41, 5.74) is 11.6. The molecule has 2 rings (SSSR count). The number of aliphatic imine (C=N–C) groups is 1. The molecule has 2 aromatic rings. The SMILES string of the molecule is Cc1ccc(C(=O)N=C(N)N)cc1Oc1ccncc1.Cl. The number of guanidine groups is 1. The van der Waals surface area contributed by atoms with Gasteiger partial charge >= 0.3 is 0 Å². The van der Waals surface area contributed by atoms with E-state index in [1.54, 1.807) is 42.7 Å². The van der Waals surface area contributed by atoms with Crippen LogP contribution in [-0.4, -0.2) is 16.9 Å². The third-order valence-corrected chi connectivity index (χ3v) is 2.54. The molecule has 1 heterocycles. The number of amides is 1. The minimum atomic E-state index is -0.510. The number of benzene rings is 1. The molecule has 0 aliphatic rings. The minimum absolute atomic E-state index is 0. The van der Waals surface area contributed by atoms with Crippen LogP contribution in [0.1, 0.15) is 15.9 Å². The number of aromatic nitrogens is 1. The number of nitrogens with zero attached hydrogens (tertiary/aromatic N) is 2. The van der Waals surface area contributed by atoms with E-state index in [9.17, 15) is 4.79 Å². The summed E-state index contributed by atoms with van der Waals surface area (Å²) in [6.45, 7) is 1.88. The summed E-state index contributed by atoms with van der Waals surface area (Å²) < 4.78 is 5.70. The van der Waals surface area contributed by atoms with Crippen LogP contribution in [-0.2, 0) is 0 Å². The van der Waals surface area contributed by atoms with Gasteiger partial charge < -0.3 is 16.2 Å². The van der Waals surface area contributed by atoms with Gasteiger partial charge in [0.15, 0.2) is 5.96 Å². The predicted octanol–water partition coefficient (Wildman–Crippen LogP) is 2.02. The maximum Gasteiger partial charge on any atom is 0.280 e. The first-order valence-corrected chi connectivity index (χ1v) is 5.89. The van der Waals surface area contributed by atoms with Crippen LogP contribution in [0, 0.1) is 6.92 Å². The average molecular weight is 307 g/mol. The molecule has 0 saturated carbocycles. The lowest BCUT2D eigenvalue weighted by atomic mass is 10.1. The van der Waals surface area contributed by atoms with Crippen molar-refractivity contribution < 1.29 is 9.53 Å². The Hall–Kier alpha value is -2.60. The highest BCUT2D eigenvalue weighted by molar-refractivity contribution is 6.02. The van der Waals surface area contributed by atoms with Crippen molar-refractivity contribution in [2.24, 2.45) is 16.5 Å². The van der Waals surface area contributed by atoms with E-state index >= 15 is 0 Å². The number of aryl methyl sites for hydroxylation is 1. The summed E-state index contributed by atoms with van der Waals surface area (Å²) >= 11 is 0. The largest absolute Gasteiger partial charge is 0.457 e. The third kappa shape index (κ3) is 4.47. The summed E-state index contributed by atoms with van der Waals surface area (Å²) in [6.07, 6.45) is 3.25. The number of carbonyl (C=O) groups excluding carboxylic acids is 1. The highest BCUT2D eigenvalue weighted by Gasteiger charge is 2.09. The number of nitrogens with two attached hydrogens (primary N) is 2. The Morgan fingerprint density at radius 3 is 2.48 bits per heavy atom. The lowest BCUT2D eigenvalue weighted by molar-refractivity contribution is 0.100. The van der Waals surface area contributed by atoms with Gasteiger partial charge in [-0.15, -0.1) is 12.4 Å². The quantitative estimate of drug-likeness (QED) is 0.667. The zero-order chi connectivity index (χ0) is 14.5. The molecule has 7 heteroatoms. The Kier molecular flexibility index (Phi) is 5.68. The maximum absolute atomic E-state index is 11.8. The minimum Gasteiger partial charge on any atom is -0.457 e. The average Bonchev–Trinajstić information content (AvgIpc) is 2.41. The molecule has 0 unspecified atom stereocenters. The Labute approximate surface area is 128 Å². The third-order valence-electron chi connectivity index (χ3n) is 2.54. The van der Waals surface area contributed by atoms with Crippen molar-refractivity contribution in [1.29, 1.82) is 0 Å². The van der Waals surface area contributed by atoms with Gasteiger partial charge in [0, 0.05) is 18.0 Å². The second-order valence-corrected chi connectivity index (χ2v) is 4.11. The fourth-order valence-corrected chi connectivity index (χ4v) is 1.56. The molecule has 1 amide bonds. The van der Waals surface area contributed by atoms with Crippen LogP contribution in [0.3, 0.4) is 0 Å². The van der Waals surface area contributed by atoms with Crippen LogP contribution in [0.4, 0.5) is 0 Å². The van der Waals surface area contributed by atoms with Gasteiger partial charge in [0.25, 0.3) is 5.91 Å². The van der Waals surface area contributed by atoms with Crippen molar-refractivity contribution >= 4 is 24.3 Å². The van der Waals surface area contributed by atoms with Crippen molar-refractivity contribution in [1.82, 2.24) is 4.98 Å². The lowest BCUT2D eigenvalue weighted by Crippen LogP contribution is -2.24. The molecule has 0 fully saturated rings. The van der Waals surface area contributed by atoms with Gasteiger partial charge in [-0.05, 0) is 36.8 Å². The highest BCUT2D eigenvalue weighted by atomic mass is 35.5. The van der Waals surface area contributed by atoms with Crippen LogP contribution in [0.15, 0.2) is 47.7 Å². The van der Waals surface area contributed by atoms with Gasteiger partial charge in [-0.25, -0.2) is 0 Å². The number of hydrogen-bond donors (Lipinski definition) is 2. The lowest BCUT2D eigenvalue weighted by Gasteiger charge is -2.09. The van der Waals surface area contributed by atoms with E-state index < -0.39 is 5.91 Å². The summed E-state index contributed by atoms with van der Waals surface area (Å²) in [4.78, 5) is 19.2. The molecule has 1 aromatic heterocycles. The van der Waals surface area contributed by atoms with Crippen molar-refractivity contribution in [3.8, 4) is 11.5 Å². The van der Waals surface area contributed by atoms with Gasteiger partial charge in [-0.3, -0.25) is 9.78 Å². The first-order valence-electron chi connectivity index (χ1n) is 5.89. The van der Waals surface area contributed by atoms with E-state index in [1.807, 2.05) is 6.92 Å². The molecule has 21 heavy (non-hydrogen) atoms. The summed E-state index contributed by atoms with van der Waals surface area (Å²) in [6, 6.07) is 8.47. The molecule has 110 valence electrons.